The molecule has 1 aromatic carbocycles. The van der Waals surface area contributed by atoms with E-state index in [9.17, 15) is 8.78 Å². The molecule has 0 atom stereocenters. The van der Waals surface area contributed by atoms with Crippen molar-refractivity contribution in [1.29, 1.82) is 0 Å². The van der Waals surface area contributed by atoms with Gasteiger partial charge in [0.05, 0.1) is 5.69 Å². The fraction of sp³-hybridized carbons (Fsp3) is 0.312. The van der Waals surface area contributed by atoms with Gasteiger partial charge in [0.15, 0.2) is 11.6 Å². The molecule has 2 rings (SSSR count). The van der Waals surface area contributed by atoms with Gasteiger partial charge >= 0.3 is 0 Å². The van der Waals surface area contributed by atoms with Crippen LogP contribution in [0, 0.1) is 11.6 Å². The lowest BCUT2D eigenvalue weighted by Crippen LogP contribution is -1.97. The van der Waals surface area contributed by atoms with Crippen LogP contribution in [0.5, 0.6) is 0 Å². The Morgan fingerprint density at radius 2 is 1.84 bits per heavy atom. The van der Waals surface area contributed by atoms with Crippen LogP contribution in [0.4, 0.5) is 8.78 Å². The molecule has 0 amide bonds. The van der Waals surface area contributed by atoms with Crippen molar-refractivity contribution in [2.45, 2.75) is 33.1 Å². The minimum atomic E-state index is -0.832. The second-order valence-electron chi connectivity index (χ2n) is 4.58. The minimum absolute atomic E-state index is 0.630. The Balaban J connectivity index is 2.50. The molecule has 0 radical (unpaired) electrons. The fourth-order valence-electron chi connectivity index (χ4n) is 2.12. The number of rotatable bonds is 4. The third kappa shape index (κ3) is 2.98. The molecule has 0 unspecified atom stereocenters. The van der Waals surface area contributed by atoms with Crippen molar-refractivity contribution in [1.82, 2.24) is 4.98 Å². The van der Waals surface area contributed by atoms with E-state index in [-0.39, 0.29) is 0 Å². The molecule has 0 saturated carbocycles. The topological polar surface area (TPSA) is 12.9 Å². The number of hydrogen-bond donors (Lipinski definition) is 0. The van der Waals surface area contributed by atoms with Crippen LogP contribution in [0.3, 0.4) is 0 Å². The van der Waals surface area contributed by atoms with Gasteiger partial charge in [-0.2, -0.15) is 0 Å². The van der Waals surface area contributed by atoms with Gasteiger partial charge in [0, 0.05) is 11.8 Å². The zero-order valence-electron chi connectivity index (χ0n) is 11.2. The van der Waals surface area contributed by atoms with Crippen LogP contribution in [0.15, 0.2) is 30.5 Å². The molecule has 0 spiro atoms. The molecule has 0 aliphatic heterocycles. The maximum atomic E-state index is 13.3. The van der Waals surface area contributed by atoms with Gasteiger partial charge in [0.25, 0.3) is 0 Å². The standard InChI is InChI=1S/C16H17F2N/c1-3-5-12-8-11(4-2)10-19-16(12)13-6-7-14(17)15(18)9-13/h6-10H,3-5H2,1-2H3. The molecule has 1 heterocycles. The van der Waals surface area contributed by atoms with Gasteiger partial charge in [0.1, 0.15) is 0 Å². The smallest absolute Gasteiger partial charge is 0.159 e. The summed E-state index contributed by atoms with van der Waals surface area (Å²) in [6, 6.07) is 6.04. The highest BCUT2D eigenvalue weighted by Gasteiger charge is 2.10. The van der Waals surface area contributed by atoms with E-state index in [1.807, 2.05) is 0 Å². The maximum absolute atomic E-state index is 13.3. The lowest BCUT2D eigenvalue weighted by Gasteiger charge is -2.10. The summed E-state index contributed by atoms with van der Waals surface area (Å²) in [6.45, 7) is 4.16. The van der Waals surface area contributed by atoms with Crippen LogP contribution >= 0.6 is 0 Å². The highest BCUT2D eigenvalue weighted by molar-refractivity contribution is 5.63. The predicted molar refractivity (Wildman–Crippen MR) is 73.0 cm³/mol. The zero-order valence-corrected chi connectivity index (χ0v) is 11.2. The van der Waals surface area contributed by atoms with Crippen molar-refractivity contribution in [2.24, 2.45) is 0 Å². The highest BCUT2D eigenvalue weighted by atomic mass is 19.2. The second kappa shape index (κ2) is 5.91. The number of benzene rings is 1. The minimum Gasteiger partial charge on any atom is -0.256 e. The van der Waals surface area contributed by atoms with E-state index in [1.165, 1.54) is 6.07 Å². The molecular weight excluding hydrogens is 244 g/mol. The predicted octanol–water partition coefficient (Wildman–Crippen LogP) is 4.54. The van der Waals surface area contributed by atoms with Crippen molar-refractivity contribution in [3.8, 4) is 11.3 Å². The first-order valence-electron chi connectivity index (χ1n) is 6.59. The number of nitrogens with zero attached hydrogens (tertiary/aromatic N) is 1. The Hall–Kier alpha value is -1.77. The SMILES string of the molecule is CCCc1cc(CC)cnc1-c1ccc(F)c(F)c1. The average Bonchev–Trinajstić information content (AvgIpc) is 2.42. The molecule has 0 fully saturated rings. The lowest BCUT2D eigenvalue weighted by molar-refractivity contribution is 0.509. The monoisotopic (exact) mass is 261 g/mol. The van der Waals surface area contributed by atoms with Gasteiger partial charge in [-0.3, -0.25) is 4.98 Å². The van der Waals surface area contributed by atoms with Gasteiger partial charge < -0.3 is 0 Å². The first kappa shape index (κ1) is 13.7. The van der Waals surface area contributed by atoms with Gasteiger partial charge in [-0.25, -0.2) is 8.78 Å². The van der Waals surface area contributed by atoms with Crippen LogP contribution in [-0.2, 0) is 12.8 Å². The Bertz CT molecular complexity index is 579. The number of aromatic nitrogens is 1. The van der Waals surface area contributed by atoms with E-state index in [1.54, 1.807) is 12.3 Å². The van der Waals surface area contributed by atoms with Crippen LogP contribution in [0.1, 0.15) is 31.4 Å². The maximum Gasteiger partial charge on any atom is 0.159 e. The average molecular weight is 261 g/mol. The summed E-state index contributed by atoms with van der Waals surface area (Å²) in [5, 5.41) is 0. The summed E-state index contributed by atoms with van der Waals surface area (Å²) >= 11 is 0. The van der Waals surface area contributed by atoms with E-state index < -0.39 is 11.6 Å². The molecule has 100 valence electrons. The molecule has 19 heavy (non-hydrogen) atoms. The van der Waals surface area contributed by atoms with E-state index >= 15 is 0 Å². The van der Waals surface area contributed by atoms with Gasteiger partial charge in [0.2, 0.25) is 0 Å². The quantitative estimate of drug-likeness (QED) is 0.787. The second-order valence-corrected chi connectivity index (χ2v) is 4.58. The Kier molecular flexibility index (Phi) is 4.25. The Morgan fingerprint density at radius 1 is 1.05 bits per heavy atom. The van der Waals surface area contributed by atoms with E-state index in [2.05, 4.69) is 24.9 Å². The van der Waals surface area contributed by atoms with Crippen LogP contribution in [-0.4, -0.2) is 4.98 Å². The lowest BCUT2D eigenvalue weighted by atomic mass is 10.00. The van der Waals surface area contributed by atoms with Crippen molar-refractivity contribution in [2.75, 3.05) is 0 Å². The molecule has 1 nitrogen and oxygen atoms in total. The number of hydrogen-bond acceptors (Lipinski definition) is 1. The fourth-order valence-corrected chi connectivity index (χ4v) is 2.12. The van der Waals surface area contributed by atoms with E-state index in [0.29, 0.717) is 5.56 Å². The summed E-state index contributed by atoms with van der Waals surface area (Å²) in [7, 11) is 0. The number of halogens is 2. The molecule has 1 aromatic heterocycles. The zero-order chi connectivity index (χ0) is 13.8. The number of aryl methyl sites for hydroxylation is 2. The van der Waals surface area contributed by atoms with E-state index in [4.69, 9.17) is 0 Å². The molecule has 0 aliphatic carbocycles. The largest absolute Gasteiger partial charge is 0.256 e. The van der Waals surface area contributed by atoms with Crippen molar-refractivity contribution >= 4 is 0 Å². The van der Waals surface area contributed by atoms with Crippen LogP contribution in [0.2, 0.25) is 0 Å². The molecule has 0 aliphatic rings. The van der Waals surface area contributed by atoms with Crippen LogP contribution in [0.25, 0.3) is 11.3 Å². The first-order chi connectivity index (χ1) is 9.15. The third-order valence-electron chi connectivity index (χ3n) is 3.14. The molecule has 2 aromatic rings. The summed E-state index contributed by atoms with van der Waals surface area (Å²) in [6.07, 6.45) is 4.60. The summed E-state index contributed by atoms with van der Waals surface area (Å²) < 4.78 is 26.3. The first-order valence-corrected chi connectivity index (χ1v) is 6.59. The molecule has 0 saturated heterocycles. The Labute approximate surface area is 112 Å². The third-order valence-corrected chi connectivity index (χ3v) is 3.14. The highest BCUT2D eigenvalue weighted by Crippen LogP contribution is 2.25. The normalized spacial score (nSPS) is 10.7. The van der Waals surface area contributed by atoms with Gasteiger partial charge in [-0.1, -0.05) is 26.3 Å². The summed E-state index contributed by atoms with van der Waals surface area (Å²) in [5.74, 6) is -1.66. The van der Waals surface area contributed by atoms with E-state index in [0.717, 1.165) is 42.1 Å². The molecule has 3 heteroatoms. The molecule has 0 N–H and O–H groups in total. The Morgan fingerprint density at radius 3 is 2.47 bits per heavy atom. The van der Waals surface area contributed by atoms with Gasteiger partial charge in [-0.15, -0.1) is 0 Å². The van der Waals surface area contributed by atoms with Crippen molar-refractivity contribution < 1.29 is 8.78 Å². The van der Waals surface area contributed by atoms with Crippen molar-refractivity contribution in [3.63, 3.8) is 0 Å². The summed E-state index contributed by atoms with van der Waals surface area (Å²) in [4.78, 5) is 4.42. The summed E-state index contributed by atoms with van der Waals surface area (Å²) in [5.41, 5.74) is 3.63. The molecular formula is C16H17F2N. The van der Waals surface area contributed by atoms with Crippen LogP contribution < -0.4 is 0 Å². The van der Waals surface area contributed by atoms with Gasteiger partial charge in [-0.05, 0) is 42.2 Å². The van der Waals surface area contributed by atoms with Crippen molar-refractivity contribution in [3.05, 3.63) is 53.2 Å². The molecule has 0 bridgehead atoms. The number of pyridine rings is 1.